The summed E-state index contributed by atoms with van der Waals surface area (Å²) < 4.78 is 0. The van der Waals surface area contributed by atoms with Gasteiger partial charge in [-0.2, -0.15) is 0 Å². The van der Waals surface area contributed by atoms with Gasteiger partial charge in [0.05, 0.1) is 5.41 Å². The topological polar surface area (TPSA) is 37.4 Å². The maximum Gasteiger partial charge on any atom is 0.235 e. The second-order valence-electron chi connectivity index (χ2n) is 5.18. The van der Waals surface area contributed by atoms with Crippen LogP contribution in [0, 0.1) is 17.8 Å². The van der Waals surface area contributed by atoms with Crippen LogP contribution >= 0.6 is 0 Å². The lowest BCUT2D eigenvalue weighted by molar-refractivity contribution is -0.142. The van der Waals surface area contributed by atoms with Crippen molar-refractivity contribution < 1.29 is 9.59 Å². The summed E-state index contributed by atoms with van der Waals surface area (Å²) in [6.07, 6.45) is 12.1. The molecule has 1 spiro atoms. The Kier molecular flexibility index (Phi) is 3.51. The minimum absolute atomic E-state index is 0.00826. The van der Waals surface area contributed by atoms with Crippen molar-refractivity contribution in [1.29, 1.82) is 0 Å². The SMILES string of the molecule is C#CCCCN1C(=O)CC2(CCCCC2)C1=O. The second-order valence-corrected chi connectivity index (χ2v) is 5.18. The zero-order chi connectivity index (χ0) is 12.3. The highest BCUT2D eigenvalue weighted by atomic mass is 16.2. The van der Waals surface area contributed by atoms with E-state index in [4.69, 9.17) is 6.42 Å². The highest BCUT2D eigenvalue weighted by molar-refractivity contribution is 6.05. The highest BCUT2D eigenvalue weighted by Crippen LogP contribution is 2.45. The Balaban J connectivity index is 2.03. The first-order chi connectivity index (χ1) is 8.19. The van der Waals surface area contributed by atoms with Crippen LogP contribution in [-0.2, 0) is 9.59 Å². The van der Waals surface area contributed by atoms with Crippen molar-refractivity contribution in [3.63, 3.8) is 0 Å². The molecule has 0 aromatic carbocycles. The molecule has 2 amide bonds. The summed E-state index contributed by atoms with van der Waals surface area (Å²) in [5.74, 6) is 2.62. The van der Waals surface area contributed by atoms with Crippen LogP contribution < -0.4 is 0 Å². The number of hydrogen-bond acceptors (Lipinski definition) is 2. The molecule has 17 heavy (non-hydrogen) atoms. The van der Waals surface area contributed by atoms with Gasteiger partial charge in [0, 0.05) is 19.4 Å². The maximum atomic E-state index is 12.3. The predicted molar refractivity (Wildman–Crippen MR) is 64.9 cm³/mol. The summed E-state index contributed by atoms with van der Waals surface area (Å²) in [5, 5.41) is 0. The van der Waals surface area contributed by atoms with Crippen molar-refractivity contribution in [2.75, 3.05) is 6.54 Å². The molecule has 1 saturated carbocycles. The van der Waals surface area contributed by atoms with Crippen molar-refractivity contribution in [3.05, 3.63) is 0 Å². The van der Waals surface area contributed by atoms with Crippen LogP contribution in [0.5, 0.6) is 0 Å². The van der Waals surface area contributed by atoms with Gasteiger partial charge in [0.2, 0.25) is 11.8 Å². The van der Waals surface area contributed by atoms with Crippen molar-refractivity contribution in [2.45, 2.75) is 51.4 Å². The van der Waals surface area contributed by atoms with E-state index >= 15 is 0 Å². The number of imide groups is 1. The van der Waals surface area contributed by atoms with Gasteiger partial charge >= 0.3 is 0 Å². The molecule has 0 bridgehead atoms. The third-order valence-electron chi connectivity index (χ3n) is 4.00. The molecule has 1 saturated heterocycles. The Morgan fingerprint density at radius 2 is 1.94 bits per heavy atom. The fraction of sp³-hybridized carbons (Fsp3) is 0.714. The second kappa shape index (κ2) is 4.91. The summed E-state index contributed by atoms with van der Waals surface area (Å²) in [7, 11) is 0. The van der Waals surface area contributed by atoms with E-state index in [-0.39, 0.29) is 17.2 Å². The molecular formula is C14H19NO2. The molecule has 0 radical (unpaired) electrons. The van der Waals surface area contributed by atoms with Crippen molar-refractivity contribution in [2.24, 2.45) is 5.41 Å². The maximum absolute atomic E-state index is 12.3. The first-order valence-corrected chi connectivity index (χ1v) is 6.48. The number of carbonyl (C=O) groups excluding carboxylic acids is 2. The Morgan fingerprint density at radius 3 is 2.59 bits per heavy atom. The number of unbranched alkanes of at least 4 members (excludes halogenated alkanes) is 1. The van der Waals surface area contributed by atoms with Crippen LogP contribution in [-0.4, -0.2) is 23.3 Å². The van der Waals surface area contributed by atoms with E-state index in [2.05, 4.69) is 5.92 Å². The van der Waals surface area contributed by atoms with E-state index in [9.17, 15) is 9.59 Å². The molecule has 0 N–H and O–H groups in total. The van der Waals surface area contributed by atoms with E-state index in [0.717, 1.165) is 32.1 Å². The molecule has 1 heterocycles. The summed E-state index contributed by atoms with van der Waals surface area (Å²) >= 11 is 0. The summed E-state index contributed by atoms with van der Waals surface area (Å²) in [5.41, 5.74) is -0.342. The van der Waals surface area contributed by atoms with E-state index in [1.54, 1.807) is 0 Å². The lowest BCUT2D eigenvalue weighted by atomic mass is 9.73. The summed E-state index contributed by atoms with van der Waals surface area (Å²) in [6.45, 7) is 0.504. The van der Waals surface area contributed by atoms with Crippen LogP contribution in [0.1, 0.15) is 51.4 Å². The number of rotatable bonds is 3. The molecule has 2 fully saturated rings. The smallest absolute Gasteiger partial charge is 0.235 e. The van der Waals surface area contributed by atoms with Gasteiger partial charge in [-0.1, -0.05) is 19.3 Å². The minimum Gasteiger partial charge on any atom is -0.282 e. The number of hydrogen-bond donors (Lipinski definition) is 0. The van der Waals surface area contributed by atoms with E-state index in [0.29, 0.717) is 19.4 Å². The number of terminal acetylenes is 1. The van der Waals surface area contributed by atoms with Gasteiger partial charge in [-0.05, 0) is 19.3 Å². The largest absolute Gasteiger partial charge is 0.282 e. The van der Waals surface area contributed by atoms with E-state index in [1.165, 1.54) is 11.3 Å². The number of likely N-dealkylation sites (tertiary alicyclic amines) is 1. The van der Waals surface area contributed by atoms with Crippen molar-refractivity contribution >= 4 is 11.8 Å². The van der Waals surface area contributed by atoms with Gasteiger partial charge < -0.3 is 0 Å². The summed E-state index contributed by atoms with van der Waals surface area (Å²) in [4.78, 5) is 25.7. The molecule has 0 aromatic heterocycles. The fourth-order valence-electron chi connectivity index (χ4n) is 3.04. The molecular weight excluding hydrogens is 214 g/mol. The average molecular weight is 233 g/mol. The number of carbonyl (C=O) groups is 2. The third-order valence-corrected chi connectivity index (χ3v) is 4.00. The zero-order valence-electron chi connectivity index (χ0n) is 10.2. The molecule has 0 aromatic rings. The lowest BCUT2D eigenvalue weighted by Gasteiger charge is -2.30. The third kappa shape index (κ3) is 2.22. The number of amides is 2. The van der Waals surface area contributed by atoms with Gasteiger partial charge in [0.15, 0.2) is 0 Å². The molecule has 1 aliphatic heterocycles. The van der Waals surface area contributed by atoms with Crippen molar-refractivity contribution in [1.82, 2.24) is 4.90 Å². The molecule has 2 aliphatic rings. The van der Waals surface area contributed by atoms with Gasteiger partial charge in [-0.15, -0.1) is 12.3 Å². The Labute approximate surface area is 103 Å². The van der Waals surface area contributed by atoms with Crippen LogP contribution in [0.4, 0.5) is 0 Å². The molecule has 3 heteroatoms. The molecule has 3 nitrogen and oxygen atoms in total. The quantitative estimate of drug-likeness (QED) is 0.425. The van der Waals surface area contributed by atoms with Gasteiger partial charge in [-0.25, -0.2) is 0 Å². The molecule has 0 unspecified atom stereocenters. The zero-order valence-corrected chi connectivity index (χ0v) is 10.2. The van der Waals surface area contributed by atoms with Gasteiger partial charge in [0.1, 0.15) is 0 Å². The fourth-order valence-corrected chi connectivity index (χ4v) is 3.04. The summed E-state index contributed by atoms with van der Waals surface area (Å²) in [6, 6.07) is 0. The monoisotopic (exact) mass is 233 g/mol. The average Bonchev–Trinajstić information content (AvgIpc) is 2.55. The van der Waals surface area contributed by atoms with E-state index < -0.39 is 0 Å². The van der Waals surface area contributed by atoms with Gasteiger partial charge in [-0.3, -0.25) is 14.5 Å². The lowest BCUT2D eigenvalue weighted by Crippen LogP contribution is -2.37. The van der Waals surface area contributed by atoms with Crippen LogP contribution in [0.25, 0.3) is 0 Å². The minimum atomic E-state index is -0.342. The Bertz CT molecular complexity index is 361. The molecule has 1 aliphatic carbocycles. The van der Waals surface area contributed by atoms with E-state index in [1.807, 2.05) is 0 Å². The van der Waals surface area contributed by atoms with Crippen LogP contribution in [0.15, 0.2) is 0 Å². The van der Waals surface area contributed by atoms with Crippen molar-refractivity contribution in [3.8, 4) is 12.3 Å². The number of nitrogens with zero attached hydrogens (tertiary/aromatic N) is 1. The van der Waals surface area contributed by atoms with Gasteiger partial charge in [0.25, 0.3) is 0 Å². The van der Waals surface area contributed by atoms with Crippen LogP contribution in [0.3, 0.4) is 0 Å². The standard InChI is InChI=1S/C14H19NO2/c1-2-3-7-10-15-12(16)11-14(13(15)17)8-5-4-6-9-14/h1H,3-11H2. The molecule has 92 valence electrons. The molecule has 0 atom stereocenters. The first kappa shape index (κ1) is 12.2. The highest BCUT2D eigenvalue weighted by Gasteiger charge is 2.50. The predicted octanol–water partition coefficient (Wildman–Crippen LogP) is 2.11. The Hall–Kier alpha value is -1.30. The first-order valence-electron chi connectivity index (χ1n) is 6.48. The molecule has 2 rings (SSSR count). The normalized spacial score (nSPS) is 23.1. The van der Waals surface area contributed by atoms with Crippen LogP contribution in [0.2, 0.25) is 0 Å². The Morgan fingerprint density at radius 1 is 1.24 bits per heavy atom.